The van der Waals surface area contributed by atoms with E-state index in [0.29, 0.717) is 29.6 Å². The highest BCUT2D eigenvalue weighted by atomic mass is 31.0. The first-order valence-electron chi connectivity index (χ1n) is 12.8. The molecule has 1 aliphatic rings. The number of nitrogens with one attached hydrogen (secondary N) is 2. The van der Waals surface area contributed by atoms with Crippen molar-refractivity contribution in [1.82, 2.24) is 15.1 Å². The molecular weight excluding hydrogens is 497 g/mol. The van der Waals surface area contributed by atoms with Crippen LogP contribution in [0, 0.1) is 13.8 Å². The Bertz CT molecular complexity index is 1300. The molecule has 38 heavy (non-hydrogen) atoms. The molecule has 202 valence electrons. The van der Waals surface area contributed by atoms with Gasteiger partial charge in [0.1, 0.15) is 11.3 Å². The average Bonchev–Trinajstić information content (AvgIpc) is 3.33. The number of nitrogens with zero attached hydrogens (tertiary/aromatic N) is 2. The minimum absolute atomic E-state index is 0.0889. The van der Waals surface area contributed by atoms with Gasteiger partial charge in [0.05, 0.1) is 11.6 Å². The maximum Gasteiger partial charge on any atom is 0.410 e. The van der Waals surface area contributed by atoms with Crippen LogP contribution in [0.15, 0.2) is 59.4 Å². The van der Waals surface area contributed by atoms with Crippen LogP contribution < -0.4 is 16.6 Å². The molecule has 0 spiro atoms. The summed E-state index contributed by atoms with van der Waals surface area (Å²) < 4.78 is 5.53. The van der Waals surface area contributed by atoms with Gasteiger partial charge in [-0.05, 0) is 53.0 Å². The lowest BCUT2D eigenvalue weighted by molar-refractivity contribution is 0.0235. The highest BCUT2D eigenvalue weighted by Gasteiger charge is 2.32. The van der Waals surface area contributed by atoms with E-state index in [1.54, 1.807) is 4.90 Å². The van der Waals surface area contributed by atoms with Gasteiger partial charge < -0.3 is 20.7 Å². The molecule has 3 aromatic rings. The Kier molecular flexibility index (Phi) is 9.70. The summed E-state index contributed by atoms with van der Waals surface area (Å²) in [7, 11) is 3.66. The highest BCUT2D eigenvalue weighted by Crippen LogP contribution is 2.25. The first-order valence-corrected chi connectivity index (χ1v) is 13.3. The zero-order valence-corrected chi connectivity index (χ0v) is 23.8. The van der Waals surface area contributed by atoms with Crippen LogP contribution in [0.5, 0.6) is 0 Å². The number of amides is 1. The molecule has 1 saturated heterocycles. The standard InChI is InChI=1S/C22H30N5O3P.C7H8/c1-13-7-9-14(10-8-13)18(31)16-17(20(28)26-25-19(16)23)24-12-15-6-5-11-27(15)21(29)30-22(2,3)4;1-7-5-3-2-4-6-7/h7-10,15,31H,5-6,11-12H2,1-4H3,(H,26,28)(H3,23,24,25);2-6H,1H3. The molecule has 1 amide bonds. The second kappa shape index (κ2) is 12.7. The van der Waals surface area contributed by atoms with Gasteiger partial charge in [-0.3, -0.25) is 4.79 Å². The summed E-state index contributed by atoms with van der Waals surface area (Å²) >= 11 is 0. The number of hydrogen-bond acceptors (Lipinski definition) is 6. The van der Waals surface area contributed by atoms with E-state index in [4.69, 9.17) is 10.5 Å². The predicted molar refractivity (Wildman–Crippen MR) is 158 cm³/mol. The Morgan fingerprint density at radius 3 is 2.34 bits per heavy atom. The molecule has 1 aliphatic heterocycles. The average molecular weight is 536 g/mol. The summed E-state index contributed by atoms with van der Waals surface area (Å²) in [6.07, 6.45) is 1.36. The van der Waals surface area contributed by atoms with Crippen molar-refractivity contribution < 1.29 is 9.53 Å². The molecule has 0 bridgehead atoms. The van der Waals surface area contributed by atoms with E-state index < -0.39 is 5.60 Å². The third-order valence-corrected chi connectivity index (χ3v) is 6.60. The molecule has 1 aromatic heterocycles. The van der Waals surface area contributed by atoms with E-state index in [1.807, 2.05) is 70.2 Å². The van der Waals surface area contributed by atoms with Crippen LogP contribution in [0.2, 0.25) is 0 Å². The molecule has 2 aromatic carbocycles. The number of benzene rings is 2. The number of nitrogens with two attached hydrogens (primary N) is 1. The number of carbonyl (C=O) groups excluding carboxylic acids is 1. The van der Waals surface area contributed by atoms with Crippen LogP contribution in [-0.4, -0.2) is 51.2 Å². The van der Waals surface area contributed by atoms with Gasteiger partial charge in [0.2, 0.25) is 0 Å². The van der Waals surface area contributed by atoms with E-state index in [1.165, 1.54) is 5.56 Å². The minimum atomic E-state index is -0.560. The van der Waals surface area contributed by atoms with Gasteiger partial charge in [-0.15, -0.1) is 8.86 Å². The number of ether oxygens (including phenoxy) is 1. The Morgan fingerprint density at radius 1 is 1.13 bits per heavy atom. The van der Waals surface area contributed by atoms with Crippen molar-refractivity contribution in [2.24, 2.45) is 0 Å². The normalized spacial score (nSPS) is 14.9. The van der Waals surface area contributed by atoms with Crippen LogP contribution in [0.4, 0.5) is 16.3 Å². The molecule has 0 aliphatic carbocycles. The largest absolute Gasteiger partial charge is 0.444 e. The van der Waals surface area contributed by atoms with Gasteiger partial charge in [-0.1, -0.05) is 65.7 Å². The smallest absolute Gasteiger partial charge is 0.410 e. The first-order chi connectivity index (χ1) is 18.0. The topological polar surface area (TPSA) is 113 Å². The van der Waals surface area contributed by atoms with Gasteiger partial charge in [-0.25, -0.2) is 9.89 Å². The third-order valence-electron chi connectivity index (χ3n) is 6.06. The third kappa shape index (κ3) is 7.93. The number of carbonyl (C=O) groups is 1. The maximum absolute atomic E-state index is 12.6. The van der Waals surface area contributed by atoms with Crippen LogP contribution in [0.3, 0.4) is 0 Å². The van der Waals surface area contributed by atoms with E-state index >= 15 is 0 Å². The molecule has 9 heteroatoms. The molecule has 1 fully saturated rings. The Labute approximate surface area is 226 Å². The molecule has 1 atom stereocenters. The number of rotatable bonds is 5. The van der Waals surface area contributed by atoms with Crippen LogP contribution >= 0.6 is 8.86 Å². The number of nitrogen functional groups attached to an aromatic ring is 1. The van der Waals surface area contributed by atoms with Crippen molar-refractivity contribution in [3.63, 3.8) is 0 Å². The number of hydrogen-bond donors (Lipinski definition) is 3. The summed E-state index contributed by atoms with van der Waals surface area (Å²) in [6.45, 7) is 10.6. The zero-order valence-electron chi connectivity index (χ0n) is 22.8. The second-order valence-electron chi connectivity index (χ2n) is 10.4. The van der Waals surface area contributed by atoms with Gasteiger partial charge in [0.25, 0.3) is 5.56 Å². The SMILES string of the molecule is Cc1ccc(C(=P)c2c(N)n[nH]c(=O)c2NCC2CCCN2C(=O)OC(C)(C)C)cc1.Cc1ccccc1. The zero-order chi connectivity index (χ0) is 27.9. The number of aryl methyl sites for hydroxylation is 2. The number of anilines is 2. The van der Waals surface area contributed by atoms with Crippen molar-refractivity contribution in [2.75, 3.05) is 24.1 Å². The van der Waals surface area contributed by atoms with Crippen molar-refractivity contribution >= 4 is 31.8 Å². The summed E-state index contributed by atoms with van der Waals surface area (Å²) in [5, 5.41) is 10.2. The minimum Gasteiger partial charge on any atom is -0.444 e. The van der Waals surface area contributed by atoms with Crippen molar-refractivity contribution in [3.05, 3.63) is 87.2 Å². The number of likely N-dealkylation sites (tertiary alicyclic amines) is 1. The molecule has 0 saturated carbocycles. The van der Waals surface area contributed by atoms with Gasteiger partial charge in [-0.2, -0.15) is 5.10 Å². The lowest BCUT2D eigenvalue weighted by atomic mass is 10.0. The number of aromatic amines is 1. The highest BCUT2D eigenvalue weighted by molar-refractivity contribution is 7.23. The van der Waals surface area contributed by atoms with E-state index in [2.05, 4.69) is 43.4 Å². The van der Waals surface area contributed by atoms with E-state index in [9.17, 15) is 9.59 Å². The van der Waals surface area contributed by atoms with Gasteiger partial charge >= 0.3 is 6.09 Å². The number of H-pyrrole nitrogens is 1. The van der Waals surface area contributed by atoms with E-state index in [0.717, 1.165) is 24.0 Å². The van der Waals surface area contributed by atoms with E-state index in [-0.39, 0.29) is 23.5 Å². The monoisotopic (exact) mass is 535 g/mol. The Morgan fingerprint density at radius 2 is 1.76 bits per heavy atom. The number of aromatic nitrogens is 2. The fourth-order valence-electron chi connectivity index (χ4n) is 4.11. The molecular formula is C29H38N5O3P. The molecule has 8 nitrogen and oxygen atoms in total. The fraction of sp³-hybridized carbons (Fsp3) is 0.379. The quantitative estimate of drug-likeness (QED) is 0.388. The lowest BCUT2D eigenvalue weighted by Gasteiger charge is -2.29. The summed E-state index contributed by atoms with van der Waals surface area (Å²) in [5.41, 5.74) is 9.32. The van der Waals surface area contributed by atoms with Crippen LogP contribution in [-0.2, 0) is 4.74 Å². The van der Waals surface area contributed by atoms with Gasteiger partial charge in [0, 0.05) is 18.4 Å². The fourth-order valence-corrected chi connectivity index (χ4v) is 4.53. The first kappa shape index (κ1) is 28.9. The van der Waals surface area contributed by atoms with Crippen LogP contribution in [0.1, 0.15) is 55.9 Å². The Hall–Kier alpha value is -3.64. The van der Waals surface area contributed by atoms with Crippen molar-refractivity contribution in [2.45, 2.75) is 59.1 Å². The lowest BCUT2D eigenvalue weighted by Crippen LogP contribution is -2.43. The second-order valence-corrected chi connectivity index (χ2v) is 10.9. The molecule has 4 N–H and O–H groups in total. The van der Waals surface area contributed by atoms with Gasteiger partial charge in [0.15, 0.2) is 5.82 Å². The summed E-state index contributed by atoms with van der Waals surface area (Å²) in [4.78, 5) is 26.9. The van der Waals surface area contributed by atoms with Crippen molar-refractivity contribution in [1.29, 1.82) is 0 Å². The Balaban J connectivity index is 0.000000494. The summed E-state index contributed by atoms with van der Waals surface area (Å²) in [5.74, 6) is 0.197. The van der Waals surface area contributed by atoms with Crippen LogP contribution in [0.25, 0.3) is 0 Å². The van der Waals surface area contributed by atoms with Crippen molar-refractivity contribution in [3.8, 4) is 0 Å². The molecule has 2 heterocycles. The molecule has 0 radical (unpaired) electrons. The predicted octanol–water partition coefficient (Wildman–Crippen LogP) is 5.18. The summed E-state index contributed by atoms with van der Waals surface area (Å²) in [6, 6.07) is 18.0. The molecule has 1 unspecified atom stereocenters. The molecule has 4 rings (SSSR count). The maximum atomic E-state index is 12.6.